The molecule has 0 radical (unpaired) electrons. The number of hydrogen-bond acceptors (Lipinski definition) is 8. The monoisotopic (exact) mass is 656 g/mol. The van der Waals surface area contributed by atoms with Gasteiger partial charge in [0.15, 0.2) is 5.78 Å². The molecule has 2 fully saturated rings. The van der Waals surface area contributed by atoms with Crippen LogP contribution in [0, 0.1) is 11.3 Å². The molecule has 10 heteroatoms. The van der Waals surface area contributed by atoms with E-state index >= 15 is 0 Å². The predicted octanol–water partition coefficient (Wildman–Crippen LogP) is 6.40. The zero-order valence-corrected chi connectivity index (χ0v) is 28.7. The number of ether oxygens (including phenoxy) is 3. The van der Waals surface area contributed by atoms with Crippen LogP contribution in [0.15, 0.2) is 48.5 Å². The number of benzene rings is 2. The number of amides is 2. The SMILES string of the molecule is COc1ccc2nc3c(nc2c1)O[C@H]1CN(C(=O)[C@H](C(C)(C)C)NC(=O)O[C@@H]2CCC[C@H]2CCCCC3)[C@H](C(C)=O)[C@@H]1c1ccccc1. The van der Waals surface area contributed by atoms with E-state index in [1.54, 1.807) is 12.0 Å². The van der Waals surface area contributed by atoms with Crippen molar-refractivity contribution in [1.82, 2.24) is 20.2 Å². The molecule has 2 aromatic carbocycles. The number of rotatable bonds is 3. The standard InChI is InChI=1S/C38H48N4O6/c1-23(43)33-32(25-14-9-6-10-15-25)31-22-42(33)36(44)34(38(2,3)4)41-37(45)48-30-18-12-16-24(30)13-8-7-11-17-28-35(47-31)40-29-21-26(46-5)19-20-27(29)39-28/h6,9-10,14-15,19-21,24,30-34H,7-8,11-13,16-18,22H2,1-5H3,(H,41,45)/t24-,30-,31+,32-,33-,34-/m1/s1. The molecule has 2 amide bonds. The fourth-order valence-electron chi connectivity index (χ4n) is 7.75. The van der Waals surface area contributed by atoms with Gasteiger partial charge in [-0.2, -0.15) is 0 Å². The van der Waals surface area contributed by atoms with Crippen molar-refractivity contribution in [1.29, 1.82) is 0 Å². The third kappa shape index (κ3) is 7.12. The van der Waals surface area contributed by atoms with Crippen LogP contribution in [-0.4, -0.2) is 70.6 Å². The Labute approximate surface area is 282 Å². The minimum Gasteiger partial charge on any atom is -0.497 e. The topological polar surface area (TPSA) is 120 Å². The van der Waals surface area contributed by atoms with Crippen LogP contribution < -0.4 is 14.8 Å². The molecule has 2 bridgehead atoms. The molecule has 1 saturated heterocycles. The molecule has 3 heterocycles. The zero-order valence-electron chi connectivity index (χ0n) is 28.7. The van der Waals surface area contributed by atoms with Crippen molar-refractivity contribution in [3.05, 3.63) is 59.8 Å². The van der Waals surface area contributed by atoms with Gasteiger partial charge in [0.25, 0.3) is 0 Å². The number of fused-ring (bicyclic) bond motifs is 5. The van der Waals surface area contributed by atoms with E-state index in [0.29, 0.717) is 29.5 Å². The molecule has 0 spiro atoms. The minimum absolute atomic E-state index is 0.133. The van der Waals surface area contributed by atoms with Gasteiger partial charge in [-0.15, -0.1) is 0 Å². The number of carbonyl (C=O) groups excluding carboxylic acids is 3. The van der Waals surface area contributed by atoms with Gasteiger partial charge in [0.2, 0.25) is 11.8 Å². The van der Waals surface area contributed by atoms with Gasteiger partial charge < -0.3 is 24.4 Å². The largest absolute Gasteiger partial charge is 0.497 e. The Bertz CT molecular complexity index is 1640. The van der Waals surface area contributed by atoms with E-state index in [4.69, 9.17) is 24.2 Å². The van der Waals surface area contributed by atoms with E-state index in [9.17, 15) is 14.4 Å². The fraction of sp³-hybridized carbons (Fsp3) is 0.553. The van der Waals surface area contributed by atoms with Gasteiger partial charge in [-0.3, -0.25) is 9.59 Å². The van der Waals surface area contributed by atoms with Crippen LogP contribution in [0.25, 0.3) is 11.0 Å². The highest BCUT2D eigenvalue weighted by atomic mass is 16.6. The molecular formula is C38H48N4O6. The van der Waals surface area contributed by atoms with Crippen LogP contribution in [0.4, 0.5) is 4.79 Å². The molecule has 256 valence electrons. The average molecular weight is 657 g/mol. The molecule has 1 N–H and O–H groups in total. The summed E-state index contributed by atoms with van der Waals surface area (Å²) in [4.78, 5) is 53.1. The molecule has 1 aliphatic carbocycles. The van der Waals surface area contributed by atoms with Gasteiger partial charge in [-0.1, -0.05) is 63.9 Å². The predicted molar refractivity (Wildman–Crippen MR) is 182 cm³/mol. The normalized spacial score (nSPS) is 27.1. The maximum absolute atomic E-state index is 14.6. The fourth-order valence-corrected chi connectivity index (χ4v) is 7.75. The molecular weight excluding hydrogens is 608 g/mol. The number of ketones is 1. The Balaban J connectivity index is 1.45. The van der Waals surface area contributed by atoms with Crippen LogP contribution in [0.2, 0.25) is 0 Å². The number of alkyl carbamates (subject to hydrolysis) is 1. The van der Waals surface area contributed by atoms with Gasteiger partial charge >= 0.3 is 6.09 Å². The Kier molecular flexibility index (Phi) is 9.90. The summed E-state index contributed by atoms with van der Waals surface area (Å²) >= 11 is 0. The highest BCUT2D eigenvalue weighted by Crippen LogP contribution is 2.40. The lowest BCUT2D eigenvalue weighted by molar-refractivity contribution is -0.141. The van der Waals surface area contributed by atoms with Crippen LogP contribution >= 0.6 is 0 Å². The first kappa shape index (κ1) is 33.7. The van der Waals surface area contributed by atoms with Crippen molar-refractivity contribution in [2.45, 2.75) is 109 Å². The average Bonchev–Trinajstić information content (AvgIpc) is 3.66. The second-order valence-electron chi connectivity index (χ2n) is 14.6. The molecule has 6 rings (SSSR count). The first-order valence-corrected chi connectivity index (χ1v) is 17.4. The van der Waals surface area contributed by atoms with Crippen LogP contribution in [-0.2, 0) is 20.7 Å². The van der Waals surface area contributed by atoms with E-state index in [-0.39, 0.29) is 24.3 Å². The number of nitrogens with zero attached hydrogens (tertiary/aromatic N) is 3. The summed E-state index contributed by atoms with van der Waals surface area (Å²) in [5.74, 6) is 0.387. The van der Waals surface area contributed by atoms with E-state index < -0.39 is 35.6 Å². The van der Waals surface area contributed by atoms with Crippen LogP contribution in [0.3, 0.4) is 0 Å². The third-order valence-electron chi connectivity index (χ3n) is 10.2. The number of nitrogens with one attached hydrogen (secondary N) is 1. The Hall–Kier alpha value is -4.21. The summed E-state index contributed by atoms with van der Waals surface area (Å²) < 4.78 is 18.3. The number of carbonyl (C=O) groups is 3. The zero-order chi connectivity index (χ0) is 34.0. The Morgan fingerprint density at radius 3 is 2.42 bits per heavy atom. The Morgan fingerprint density at radius 1 is 0.917 bits per heavy atom. The lowest BCUT2D eigenvalue weighted by atomic mass is 9.84. The summed E-state index contributed by atoms with van der Waals surface area (Å²) in [6, 6.07) is 13.6. The summed E-state index contributed by atoms with van der Waals surface area (Å²) in [7, 11) is 1.61. The van der Waals surface area contributed by atoms with Crippen LogP contribution in [0.5, 0.6) is 11.6 Å². The third-order valence-corrected chi connectivity index (χ3v) is 10.2. The highest BCUT2D eigenvalue weighted by molar-refractivity contribution is 5.93. The minimum atomic E-state index is -0.927. The molecule has 0 unspecified atom stereocenters. The van der Waals surface area contributed by atoms with Gasteiger partial charge in [0.1, 0.15) is 35.7 Å². The molecule has 2 aliphatic heterocycles. The molecule has 1 saturated carbocycles. The first-order chi connectivity index (χ1) is 23.0. The van der Waals surface area contributed by atoms with Crippen molar-refractivity contribution < 1.29 is 28.6 Å². The number of Topliss-reactive ketones (excluding diaryl/α,β-unsaturated/α-hetero) is 1. The smallest absolute Gasteiger partial charge is 0.408 e. The van der Waals surface area contributed by atoms with Crippen molar-refractivity contribution in [3.63, 3.8) is 0 Å². The molecule has 3 aromatic rings. The van der Waals surface area contributed by atoms with Gasteiger partial charge in [0.05, 0.1) is 30.6 Å². The quantitative estimate of drug-likeness (QED) is 0.344. The lowest BCUT2D eigenvalue weighted by Crippen LogP contribution is -2.57. The van der Waals surface area contributed by atoms with Crippen molar-refractivity contribution >= 4 is 28.8 Å². The Morgan fingerprint density at radius 2 is 1.69 bits per heavy atom. The van der Waals surface area contributed by atoms with Gasteiger partial charge in [0, 0.05) is 6.07 Å². The summed E-state index contributed by atoms with van der Waals surface area (Å²) in [5.41, 5.74) is 2.37. The second kappa shape index (κ2) is 14.1. The summed E-state index contributed by atoms with van der Waals surface area (Å²) in [6.07, 6.45) is 6.04. The van der Waals surface area contributed by atoms with E-state index in [1.807, 2.05) is 69.3 Å². The van der Waals surface area contributed by atoms with E-state index in [2.05, 4.69) is 5.32 Å². The van der Waals surface area contributed by atoms with E-state index in [1.165, 1.54) is 6.92 Å². The van der Waals surface area contributed by atoms with Crippen LogP contribution in [0.1, 0.15) is 89.8 Å². The molecule has 10 nitrogen and oxygen atoms in total. The molecule has 3 aliphatic rings. The number of methoxy groups -OCH3 is 1. The maximum atomic E-state index is 14.6. The molecule has 6 atom stereocenters. The van der Waals surface area contributed by atoms with Gasteiger partial charge in [-0.05, 0) is 74.5 Å². The lowest BCUT2D eigenvalue weighted by Gasteiger charge is -2.35. The number of hydrogen-bond donors (Lipinski definition) is 1. The highest BCUT2D eigenvalue weighted by Gasteiger charge is 2.51. The summed E-state index contributed by atoms with van der Waals surface area (Å²) in [5, 5.41) is 2.93. The first-order valence-electron chi connectivity index (χ1n) is 17.4. The maximum Gasteiger partial charge on any atom is 0.408 e. The van der Waals surface area contributed by atoms with E-state index in [0.717, 1.165) is 61.7 Å². The molecule has 1 aromatic heterocycles. The van der Waals surface area contributed by atoms with Crippen molar-refractivity contribution in [3.8, 4) is 11.6 Å². The number of aromatic nitrogens is 2. The van der Waals surface area contributed by atoms with Crippen molar-refractivity contribution in [2.75, 3.05) is 13.7 Å². The van der Waals surface area contributed by atoms with Crippen molar-refractivity contribution in [2.24, 2.45) is 11.3 Å². The van der Waals surface area contributed by atoms with Gasteiger partial charge in [-0.25, -0.2) is 14.8 Å². The molecule has 48 heavy (non-hydrogen) atoms. The number of aryl methyl sites for hydroxylation is 1. The second-order valence-corrected chi connectivity index (χ2v) is 14.6. The summed E-state index contributed by atoms with van der Waals surface area (Å²) in [6.45, 7) is 7.38.